The molecule has 8 heteroatoms. The maximum absolute atomic E-state index is 13.4. The summed E-state index contributed by atoms with van der Waals surface area (Å²) in [6.07, 6.45) is 2.95. The Bertz CT molecular complexity index is 646. The van der Waals surface area contributed by atoms with Crippen LogP contribution in [0.1, 0.15) is 19.3 Å². The van der Waals surface area contributed by atoms with Gasteiger partial charge in [0.25, 0.3) is 0 Å². The van der Waals surface area contributed by atoms with Crippen LogP contribution in [0.4, 0.5) is 8.78 Å². The highest BCUT2D eigenvalue weighted by molar-refractivity contribution is 7.89. The van der Waals surface area contributed by atoms with Gasteiger partial charge >= 0.3 is 0 Å². The Labute approximate surface area is 129 Å². The Morgan fingerprint density at radius 3 is 2.41 bits per heavy atom. The number of hydrogen-bond donors (Lipinski definition) is 0. The molecule has 1 saturated heterocycles. The van der Waals surface area contributed by atoms with Gasteiger partial charge in [-0.15, -0.1) is 0 Å². The van der Waals surface area contributed by atoms with Crippen molar-refractivity contribution in [1.82, 2.24) is 4.31 Å². The summed E-state index contributed by atoms with van der Waals surface area (Å²) in [4.78, 5) is -0.334. The summed E-state index contributed by atoms with van der Waals surface area (Å²) in [6, 6.07) is 2.14. The number of hydrogen-bond acceptors (Lipinski definition) is 3. The lowest BCUT2D eigenvalue weighted by molar-refractivity contribution is 0.0143. The third-order valence-corrected chi connectivity index (χ3v) is 6.22. The molecule has 0 bridgehead atoms. The molecule has 4 nitrogen and oxygen atoms in total. The second kappa shape index (κ2) is 5.90. The van der Waals surface area contributed by atoms with Crippen LogP contribution in [0.2, 0.25) is 0 Å². The van der Waals surface area contributed by atoms with Crippen LogP contribution >= 0.6 is 0 Å². The van der Waals surface area contributed by atoms with Gasteiger partial charge in [0.05, 0.1) is 18.1 Å². The fraction of sp³-hybridized carbons (Fsp3) is 0.571. The molecule has 1 aliphatic heterocycles. The Balaban J connectivity index is 1.95. The highest BCUT2D eigenvalue weighted by Crippen LogP contribution is 2.37. The fourth-order valence-electron chi connectivity index (χ4n) is 3.02. The largest absolute Gasteiger partial charge is 0.379 e. The topological polar surface area (TPSA) is 46.6 Å². The van der Waals surface area contributed by atoms with Crippen LogP contribution in [0.15, 0.2) is 23.1 Å². The first kappa shape index (κ1) is 15.9. The number of benzene rings is 1. The average molecular weight is 329 g/mol. The number of halogens is 2. The SMILES string of the molecule is BC1COC[C@@H](CC2CC2)N1S(=O)(=O)c1cc(F)cc(F)c1. The molecular formula is C14H18BF2NO3S. The molecule has 2 atom stereocenters. The van der Waals surface area contributed by atoms with Crippen LogP contribution in [0.25, 0.3) is 0 Å². The van der Waals surface area contributed by atoms with E-state index in [1.165, 1.54) is 4.31 Å². The first-order valence-electron chi connectivity index (χ1n) is 7.45. The minimum atomic E-state index is -3.95. The quantitative estimate of drug-likeness (QED) is 0.778. The molecule has 0 spiro atoms. The highest BCUT2D eigenvalue weighted by atomic mass is 32.2. The zero-order chi connectivity index (χ0) is 15.9. The van der Waals surface area contributed by atoms with Crippen molar-refractivity contribution in [2.24, 2.45) is 5.92 Å². The first-order chi connectivity index (χ1) is 10.4. The molecule has 0 N–H and O–H groups in total. The van der Waals surface area contributed by atoms with Gasteiger partial charge in [0, 0.05) is 18.0 Å². The van der Waals surface area contributed by atoms with Gasteiger partial charge in [-0.25, -0.2) is 17.2 Å². The minimum Gasteiger partial charge on any atom is -0.379 e. The molecule has 1 unspecified atom stereocenters. The van der Waals surface area contributed by atoms with E-state index in [0.717, 1.165) is 31.4 Å². The van der Waals surface area contributed by atoms with Gasteiger partial charge in [-0.2, -0.15) is 4.31 Å². The zero-order valence-corrected chi connectivity index (χ0v) is 13.2. The van der Waals surface area contributed by atoms with Gasteiger partial charge in [0.1, 0.15) is 19.5 Å². The van der Waals surface area contributed by atoms with Gasteiger partial charge in [0.2, 0.25) is 10.0 Å². The van der Waals surface area contributed by atoms with Crippen molar-refractivity contribution in [3.8, 4) is 0 Å². The molecule has 2 aliphatic rings. The van der Waals surface area contributed by atoms with E-state index in [9.17, 15) is 17.2 Å². The van der Waals surface area contributed by atoms with E-state index in [2.05, 4.69) is 0 Å². The third kappa shape index (κ3) is 3.19. The highest BCUT2D eigenvalue weighted by Gasteiger charge is 2.41. The second-order valence-electron chi connectivity index (χ2n) is 6.16. The van der Waals surface area contributed by atoms with E-state index < -0.39 is 21.7 Å². The summed E-state index contributed by atoms with van der Waals surface area (Å²) in [7, 11) is -2.19. The van der Waals surface area contributed by atoms with E-state index in [1.807, 2.05) is 0 Å². The summed E-state index contributed by atoms with van der Waals surface area (Å²) < 4.78 is 59.3. The Morgan fingerprint density at radius 2 is 1.82 bits per heavy atom. The van der Waals surface area contributed by atoms with E-state index in [-0.39, 0.29) is 23.5 Å². The molecule has 1 saturated carbocycles. The number of ether oxygens (including phenoxy) is 1. The third-order valence-electron chi connectivity index (χ3n) is 4.18. The molecule has 0 radical (unpaired) electrons. The molecular weight excluding hydrogens is 311 g/mol. The lowest BCUT2D eigenvalue weighted by atomic mass is 9.94. The number of nitrogens with zero attached hydrogens (tertiary/aromatic N) is 1. The van der Waals surface area contributed by atoms with Gasteiger partial charge in [0.15, 0.2) is 0 Å². The van der Waals surface area contributed by atoms with Crippen LogP contribution in [-0.4, -0.2) is 45.8 Å². The van der Waals surface area contributed by atoms with Crippen molar-refractivity contribution in [1.29, 1.82) is 0 Å². The maximum Gasteiger partial charge on any atom is 0.243 e. The van der Waals surface area contributed by atoms with Crippen molar-refractivity contribution < 1.29 is 21.9 Å². The lowest BCUT2D eigenvalue weighted by Crippen LogP contribution is -2.55. The Morgan fingerprint density at radius 1 is 1.18 bits per heavy atom. The monoisotopic (exact) mass is 329 g/mol. The molecule has 0 aromatic heterocycles. The number of morpholine rings is 1. The van der Waals surface area contributed by atoms with E-state index in [4.69, 9.17) is 4.74 Å². The van der Waals surface area contributed by atoms with Crippen molar-refractivity contribution in [3.63, 3.8) is 0 Å². The molecule has 120 valence electrons. The molecule has 1 aromatic carbocycles. The van der Waals surface area contributed by atoms with Gasteiger partial charge in [-0.1, -0.05) is 12.8 Å². The predicted molar refractivity (Wildman–Crippen MR) is 79.7 cm³/mol. The van der Waals surface area contributed by atoms with Crippen LogP contribution in [0.5, 0.6) is 0 Å². The van der Waals surface area contributed by atoms with Crippen molar-refractivity contribution in [2.45, 2.75) is 36.1 Å². The lowest BCUT2D eigenvalue weighted by Gasteiger charge is -2.39. The molecule has 1 heterocycles. The van der Waals surface area contributed by atoms with Crippen LogP contribution in [0.3, 0.4) is 0 Å². The van der Waals surface area contributed by atoms with E-state index in [1.54, 1.807) is 7.85 Å². The summed E-state index contributed by atoms with van der Waals surface area (Å²) >= 11 is 0. The second-order valence-corrected chi connectivity index (χ2v) is 8.00. The van der Waals surface area contributed by atoms with Crippen LogP contribution in [-0.2, 0) is 14.8 Å². The van der Waals surface area contributed by atoms with Crippen molar-refractivity contribution >= 4 is 17.9 Å². The van der Waals surface area contributed by atoms with Crippen molar-refractivity contribution in [3.05, 3.63) is 29.8 Å². The number of sulfonamides is 1. The van der Waals surface area contributed by atoms with Crippen LogP contribution < -0.4 is 0 Å². The van der Waals surface area contributed by atoms with Gasteiger partial charge in [-0.3, -0.25) is 0 Å². The van der Waals surface area contributed by atoms with Gasteiger partial charge < -0.3 is 4.74 Å². The fourth-order valence-corrected chi connectivity index (χ4v) is 4.86. The number of rotatable bonds is 4. The average Bonchev–Trinajstić information content (AvgIpc) is 3.21. The van der Waals surface area contributed by atoms with Crippen LogP contribution in [0, 0.1) is 17.6 Å². The molecule has 22 heavy (non-hydrogen) atoms. The minimum absolute atomic E-state index is 0.271. The maximum atomic E-state index is 13.4. The predicted octanol–water partition coefficient (Wildman–Crippen LogP) is 1.11. The van der Waals surface area contributed by atoms with Crippen molar-refractivity contribution in [2.75, 3.05) is 13.2 Å². The normalized spacial score (nSPS) is 27.0. The Hall–Kier alpha value is -0.985. The standard InChI is InChI=1S/C14H18BF2NO3S/c15-14-8-21-7-12(3-9-1-2-9)18(14)22(19,20)13-5-10(16)4-11(17)6-13/h4-6,9,12,14H,1-3,7-8,15H2/t12-,14?/m1/s1. The molecule has 3 rings (SSSR count). The first-order valence-corrected chi connectivity index (χ1v) is 8.89. The van der Waals surface area contributed by atoms with E-state index >= 15 is 0 Å². The summed E-state index contributed by atoms with van der Waals surface area (Å²) in [5.41, 5.74) is 0. The smallest absolute Gasteiger partial charge is 0.243 e. The Kier molecular flexibility index (Phi) is 4.26. The molecule has 0 amide bonds. The summed E-state index contributed by atoms with van der Waals surface area (Å²) in [5, 5.41) is 0. The summed E-state index contributed by atoms with van der Waals surface area (Å²) in [6.45, 7) is 0.621. The molecule has 1 aromatic rings. The summed E-state index contributed by atoms with van der Waals surface area (Å²) in [5.74, 6) is -1.61. The van der Waals surface area contributed by atoms with Gasteiger partial charge in [-0.05, 0) is 24.5 Å². The molecule has 1 aliphatic carbocycles. The molecule has 2 fully saturated rings. The zero-order valence-electron chi connectivity index (χ0n) is 12.3. The van der Waals surface area contributed by atoms with E-state index in [0.29, 0.717) is 18.6 Å².